The summed E-state index contributed by atoms with van der Waals surface area (Å²) >= 11 is 0. The molecule has 112 valence electrons. The fourth-order valence-corrected chi connectivity index (χ4v) is 2.35. The van der Waals surface area contributed by atoms with Gasteiger partial charge in [-0.05, 0) is 26.1 Å². The quantitative estimate of drug-likeness (QED) is 0.854. The second kappa shape index (κ2) is 6.59. The zero-order valence-corrected chi connectivity index (χ0v) is 12.6. The summed E-state index contributed by atoms with van der Waals surface area (Å²) in [6.07, 6.45) is 0. The molecule has 1 unspecified atom stereocenters. The molecule has 2 aromatic rings. The van der Waals surface area contributed by atoms with E-state index >= 15 is 0 Å². The zero-order valence-electron chi connectivity index (χ0n) is 12.6. The maximum Gasteiger partial charge on any atom is 0.127 e. The summed E-state index contributed by atoms with van der Waals surface area (Å²) in [5.41, 5.74) is 8.14. The fourth-order valence-electron chi connectivity index (χ4n) is 2.35. The molecule has 0 heterocycles. The molecule has 2 N–H and O–H groups in total. The Labute approximate surface area is 125 Å². The van der Waals surface area contributed by atoms with Gasteiger partial charge in [-0.3, -0.25) is 4.90 Å². The first kappa shape index (κ1) is 15.3. The van der Waals surface area contributed by atoms with Crippen LogP contribution in [0.5, 0.6) is 5.75 Å². The number of nitrogens with zero attached hydrogens (tertiary/aromatic N) is 1. The van der Waals surface area contributed by atoms with E-state index in [1.807, 2.05) is 38.2 Å². The van der Waals surface area contributed by atoms with Crippen molar-refractivity contribution in [2.24, 2.45) is 0 Å². The lowest BCUT2D eigenvalue weighted by Gasteiger charge is -2.26. The van der Waals surface area contributed by atoms with Crippen molar-refractivity contribution >= 4 is 5.69 Å². The predicted octanol–water partition coefficient (Wildman–Crippen LogP) is 3.61. The Bertz CT molecular complexity index is 615. The molecule has 0 aliphatic carbocycles. The lowest BCUT2D eigenvalue weighted by atomic mass is 10.1. The maximum absolute atomic E-state index is 13.9. The zero-order chi connectivity index (χ0) is 15.4. The molecule has 0 amide bonds. The van der Waals surface area contributed by atoms with E-state index < -0.39 is 0 Å². The number of nitrogens with two attached hydrogens (primary N) is 1. The van der Waals surface area contributed by atoms with Gasteiger partial charge < -0.3 is 10.5 Å². The minimum absolute atomic E-state index is 0.0338. The fraction of sp³-hybridized carbons (Fsp3) is 0.294. The molecule has 0 aliphatic rings. The molecule has 0 saturated carbocycles. The van der Waals surface area contributed by atoms with Crippen LogP contribution < -0.4 is 10.5 Å². The molecule has 21 heavy (non-hydrogen) atoms. The normalized spacial score (nSPS) is 12.4. The van der Waals surface area contributed by atoms with Crippen molar-refractivity contribution in [2.75, 3.05) is 19.9 Å². The van der Waals surface area contributed by atoms with Crippen LogP contribution in [0.15, 0.2) is 42.5 Å². The number of halogens is 1. The summed E-state index contributed by atoms with van der Waals surface area (Å²) in [5, 5.41) is 0. The summed E-state index contributed by atoms with van der Waals surface area (Å²) < 4.78 is 19.2. The van der Waals surface area contributed by atoms with Crippen LogP contribution in [0.25, 0.3) is 0 Å². The first-order valence-electron chi connectivity index (χ1n) is 6.90. The van der Waals surface area contributed by atoms with Crippen molar-refractivity contribution in [1.82, 2.24) is 4.90 Å². The van der Waals surface area contributed by atoms with E-state index in [1.165, 1.54) is 6.07 Å². The number of ether oxygens (including phenoxy) is 1. The summed E-state index contributed by atoms with van der Waals surface area (Å²) in [6, 6.07) is 12.4. The van der Waals surface area contributed by atoms with Gasteiger partial charge in [0.2, 0.25) is 0 Å². The topological polar surface area (TPSA) is 38.5 Å². The Morgan fingerprint density at radius 1 is 1.24 bits per heavy atom. The summed E-state index contributed by atoms with van der Waals surface area (Å²) in [4.78, 5) is 2.08. The summed E-state index contributed by atoms with van der Waals surface area (Å²) in [7, 11) is 3.59. The molecule has 4 heteroatoms. The van der Waals surface area contributed by atoms with E-state index in [0.29, 0.717) is 17.8 Å². The van der Waals surface area contributed by atoms with Gasteiger partial charge in [0.1, 0.15) is 11.6 Å². The third-order valence-corrected chi connectivity index (χ3v) is 3.75. The Morgan fingerprint density at radius 3 is 2.62 bits per heavy atom. The molecule has 0 aliphatic heterocycles. The van der Waals surface area contributed by atoms with Crippen LogP contribution in [0.1, 0.15) is 24.1 Å². The number of rotatable bonds is 5. The number of methoxy groups -OCH3 is 1. The van der Waals surface area contributed by atoms with Crippen LogP contribution in [0.3, 0.4) is 0 Å². The highest BCUT2D eigenvalue weighted by Gasteiger charge is 2.16. The molecule has 2 aromatic carbocycles. The van der Waals surface area contributed by atoms with Crippen LogP contribution in [0.2, 0.25) is 0 Å². The third-order valence-electron chi connectivity index (χ3n) is 3.75. The Balaban J connectivity index is 2.18. The van der Waals surface area contributed by atoms with Gasteiger partial charge >= 0.3 is 0 Å². The average Bonchev–Trinajstić information content (AvgIpc) is 2.48. The minimum atomic E-state index is -0.180. The van der Waals surface area contributed by atoms with Gasteiger partial charge in [0.05, 0.1) is 7.11 Å². The van der Waals surface area contributed by atoms with Gasteiger partial charge in [0.15, 0.2) is 0 Å². The van der Waals surface area contributed by atoms with Gasteiger partial charge in [-0.25, -0.2) is 4.39 Å². The molecular weight excluding hydrogens is 267 g/mol. The highest BCUT2D eigenvalue weighted by molar-refractivity contribution is 5.48. The lowest BCUT2D eigenvalue weighted by molar-refractivity contribution is 0.244. The molecule has 0 bridgehead atoms. The Hall–Kier alpha value is -2.07. The van der Waals surface area contributed by atoms with Gasteiger partial charge in [-0.1, -0.05) is 24.3 Å². The van der Waals surface area contributed by atoms with Crippen LogP contribution in [0.4, 0.5) is 10.1 Å². The van der Waals surface area contributed by atoms with E-state index in [2.05, 4.69) is 4.90 Å². The molecule has 0 aromatic heterocycles. The molecule has 3 nitrogen and oxygen atoms in total. The van der Waals surface area contributed by atoms with Gasteiger partial charge in [0, 0.05) is 35.5 Å². The molecule has 0 spiro atoms. The SMILES string of the molecule is COc1cc(N)ccc1CN(C)C(C)c1ccccc1F. The number of nitrogen functional groups attached to an aromatic ring is 1. The largest absolute Gasteiger partial charge is 0.496 e. The molecule has 0 radical (unpaired) electrons. The molecular formula is C17H21FN2O. The standard InChI is InChI=1S/C17H21FN2O/c1-12(15-6-4-5-7-16(15)18)20(2)11-13-8-9-14(19)10-17(13)21-3/h4-10,12H,11,19H2,1-3H3. The van der Waals surface area contributed by atoms with Gasteiger partial charge in [-0.2, -0.15) is 0 Å². The third kappa shape index (κ3) is 3.52. The van der Waals surface area contributed by atoms with Crippen molar-refractivity contribution in [3.8, 4) is 5.75 Å². The van der Waals surface area contributed by atoms with Gasteiger partial charge in [0.25, 0.3) is 0 Å². The van der Waals surface area contributed by atoms with E-state index in [4.69, 9.17) is 10.5 Å². The van der Waals surface area contributed by atoms with Crippen LogP contribution >= 0.6 is 0 Å². The number of benzene rings is 2. The summed E-state index contributed by atoms with van der Waals surface area (Å²) in [5.74, 6) is 0.573. The summed E-state index contributed by atoms with van der Waals surface area (Å²) in [6.45, 7) is 2.64. The van der Waals surface area contributed by atoms with Crippen molar-refractivity contribution in [1.29, 1.82) is 0 Å². The monoisotopic (exact) mass is 288 g/mol. The van der Waals surface area contributed by atoms with E-state index in [1.54, 1.807) is 19.2 Å². The Kier molecular flexibility index (Phi) is 4.81. The van der Waals surface area contributed by atoms with E-state index in [0.717, 1.165) is 11.3 Å². The molecule has 0 saturated heterocycles. The molecule has 1 atom stereocenters. The second-order valence-corrected chi connectivity index (χ2v) is 5.18. The smallest absolute Gasteiger partial charge is 0.127 e. The first-order valence-corrected chi connectivity index (χ1v) is 6.90. The molecule has 2 rings (SSSR count). The number of hydrogen-bond acceptors (Lipinski definition) is 3. The van der Waals surface area contributed by atoms with E-state index in [-0.39, 0.29) is 11.9 Å². The highest BCUT2D eigenvalue weighted by atomic mass is 19.1. The second-order valence-electron chi connectivity index (χ2n) is 5.18. The van der Waals surface area contributed by atoms with Crippen molar-refractivity contribution in [2.45, 2.75) is 19.5 Å². The number of hydrogen-bond donors (Lipinski definition) is 1. The average molecular weight is 288 g/mol. The maximum atomic E-state index is 13.9. The van der Waals surface area contributed by atoms with E-state index in [9.17, 15) is 4.39 Å². The van der Waals surface area contributed by atoms with Crippen molar-refractivity contribution in [3.05, 3.63) is 59.4 Å². The van der Waals surface area contributed by atoms with Crippen LogP contribution in [-0.2, 0) is 6.54 Å². The lowest BCUT2D eigenvalue weighted by Crippen LogP contribution is -2.23. The van der Waals surface area contributed by atoms with Crippen LogP contribution in [0, 0.1) is 5.82 Å². The molecule has 0 fully saturated rings. The Morgan fingerprint density at radius 2 is 1.95 bits per heavy atom. The number of anilines is 1. The van der Waals surface area contributed by atoms with Gasteiger partial charge in [-0.15, -0.1) is 0 Å². The van der Waals surface area contributed by atoms with Crippen molar-refractivity contribution in [3.63, 3.8) is 0 Å². The minimum Gasteiger partial charge on any atom is -0.496 e. The highest BCUT2D eigenvalue weighted by Crippen LogP contribution is 2.27. The first-order chi connectivity index (χ1) is 10.0. The van der Waals surface area contributed by atoms with Crippen molar-refractivity contribution < 1.29 is 9.13 Å². The predicted molar refractivity (Wildman–Crippen MR) is 83.7 cm³/mol. The van der Waals surface area contributed by atoms with Crippen LogP contribution in [-0.4, -0.2) is 19.1 Å².